The Morgan fingerprint density at radius 2 is 1.71 bits per heavy atom. The van der Waals surface area contributed by atoms with Crippen LogP contribution in [0.5, 0.6) is 0 Å². The summed E-state index contributed by atoms with van der Waals surface area (Å²) in [5.74, 6) is 0. The second kappa shape index (κ2) is 4.98. The van der Waals surface area contributed by atoms with Crippen molar-refractivity contribution in [3.63, 3.8) is 0 Å². The van der Waals surface area contributed by atoms with Gasteiger partial charge in [-0.15, -0.1) is 0 Å². The van der Waals surface area contributed by atoms with E-state index in [4.69, 9.17) is 5.73 Å². The van der Waals surface area contributed by atoms with Crippen molar-refractivity contribution in [1.82, 2.24) is 4.90 Å². The first-order valence-electron chi connectivity index (χ1n) is 4.64. The lowest BCUT2D eigenvalue weighted by Crippen LogP contribution is -2.35. The molecule has 2 N–H and O–H groups in total. The molecule has 0 saturated carbocycles. The van der Waals surface area contributed by atoms with Gasteiger partial charge in [-0.05, 0) is 40.3 Å². The molecular weight excluding hydrogens is 193 g/mol. The largest absolute Gasteiger partial charge is 0.401 e. The smallest absolute Gasteiger partial charge is 0.326 e. The van der Waals surface area contributed by atoms with E-state index in [1.807, 2.05) is 13.8 Å². The average Bonchev–Trinajstić information content (AvgIpc) is 1.78. The highest BCUT2D eigenvalue weighted by Gasteiger charge is 2.28. The van der Waals surface area contributed by atoms with Crippen molar-refractivity contribution in [3.8, 4) is 0 Å². The lowest BCUT2D eigenvalue weighted by Gasteiger charge is -2.22. The van der Waals surface area contributed by atoms with E-state index in [0.29, 0.717) is 13.0 Å². The van der Waals surface area contributed by atoms with E-state index in [0.717, 1.165) is 6.42 Å². The van der Waals surface area contributed by atoms with Crippen molar-refractivity contribution in [2.24, 2.45) is 5.73 Å². The Balaban J connectivity index is 3.60. The summed E-state index contributed by atoms with van der Waals surface area (Å²) < 4.78 is 35.7. The number of nitrogens with two attached hydrogens (primary N) is 1. The van der Waals surface area contributed by atoms with E-state index >= 15 is 0 Å². The Bertz CT molecular complexity index is 160. The molecule has 0 unspecified atom stereocenters. The molecule has 86 valence electrons. The fourth-order valence-corrected chi connectivity index (χ4v) is 1.19. The third-order valence-electron chi connectivity index (χ3n) is 1.81. The molecule has 0 aromatic rings. The van der Waals surface area contributed by atoms with Crippen molar-refractivity contribution < 1.29 is 13.2 Å². The van der Waals surface area contributed by atoms with Gasteiger partial charge in [-0.2, -0.15) is 13.2 Å². The van der Waals surface area contributed by atoms with E-state index in [1.165, 1.54) is 11.9 Å². The van der Waals surface area contributed by atoms with Crippen LogP contribution >= 0.6 is 0 Å². The molecule has 0 atom stereocenters. The molecule has 0 aliphatic carbocycles. The first kappa shape index (κ1) is 13.7. The van der Waals surface area contributed by atoms with Gasteiger partial charge in [0.05, 0.1) is 6.54 Å². The van der Waals surface area contributed by atoms with Crippen molar-refractivity contribution in [2.45, 2.75) is 38.4 Å². The Labute approximate surface area is 83.3 Å². The number of rotatable bonds is 5. The van der Waals surface area contributed by atoms with Crippen LogP contribution in [0.2, 0.25) is 0 Å². The minimum atomic E-state index is -4.10. The van der Waals surface area contributed by atoms with Crippen molar-refractivity contribution in [2.75, 3.05) is 20.1 Å². The predicted molar refractivity (Wildman–Crippen MR) is 51.1 cm³/mol. The molecule has 0 bridgehead atoms. The standard InChI is InChI=1S/C9H19F3N2/c1-8(2,13)5-4-6-14(3)7-9(10,11)12/h4-7,13H2,1-3H3. The summed E-state index contributed by atoms with van der Waals surface area (Å²) in [6.45, 7) is 3.33. The van der Waals surface area contributed by atoms with Crippen molar-refractivity contribution in [1.29, 1.82) is 0 Å². The number of halogens is 3. The molecule has 0 fully saturated rings. The first-order chi connectivity index (χ1) is 6.10. The van der Waals surface area contributed by atoms with Crippen LogP contribution in [-0.2, 0) is 0 Å². The molecule has 0 amide bonds. The third-order valence-corrected chi connectivity index (χ3v) is 1.81. The Hall–Kier alpha value is -0.290. The van der Waals surface area contributed by atoms with Crippen LogP contribution in [0.25, 0.3) is 0 Å². The predicted octanol–water partition coefficient (Wildman–Crippen LogP) is 2.00. The molecule has 5 heteroatoms. The van der Waals surface area contributed by atoms with Crippen LogP contribution in [0.3, 0.4) is 0 Å². The van der Waals surface area contributed by atoms with Crippen LogP contribution in [0.15, 0.2) is 0 Å². The third kappa shape index (κ3) is 9.80. The van der Waals surface area contributed by atoms with Gasteiger partial charge in [0.1, 0.15) is 0 Å². The minimum Gasteiger partial charge on any atom is -0.326 e. The molecule has 0 aliphatic heterocycles. The Kier molecular flexibility index (Phi) is 4.88. The van der Waals surface area contributed by atoms with Crippen LogP contribution in [0, 0.1) is 0 Å². The molecule has 0 rings (SSSR count). The molecular formula is C9H19F3N2. The highest BCUT2D eigenvalue weighted by Crippen LogP contribution is 2.16. The van der Waals surface area contributed by atoms with Crippen LogP contribution in [-0.4, -0.2) is 36.8 Å². The molecule has 14 heavy (non-hydrogen) atoms. The van der Waals surface area contributed by atoms with Gasteiger partial charge in [-0.25, -0.2) is 0 Å². The summed E-state index contributed by atoms with van der Waals surface area (Å²) in [5, 5.41) is 0. The zero-order chi connectivity index (χ0) is 11.4. The molecule has 0 aliphatic rings. The van der Waals surface area contributed by atoms with Crippen LogP contribution in [0.4, 0.5) is 13.2 Å². The van der Waals surface area contributed by atoms with Gasteiger partial charge in [0.15, 0.2) is 0 Å². The summed E-state index contributed by atoms with van der Waals surface area (Å²) in [4.78, 5) is 1.27. The number of hydrogen-bond donors (Lipinski definition) is 1. The summed E-state index contributed by atoms with van der Waals surface area (Å²) in [7, 11) is 1.47. The fraction of sp³-hybridized carbons (Fsp3) is 1.00. The summed E-state index contributed by atoms with van der Waals surface area (Å²) in [6.07, 6.45) is -2.68. The first-order valence-corrected chi connectivity index (χ1v) is 4.64. The van der Waals surface area contributed by atoms with Gasteiger partial charge in [-0.1, -0.05) is 0 Å². The molecule has 0 spiro atoms. The van der Waals surface area contributed by atoms with Crippen LogP contribution < -0.4 is 5.73 Å². The Morgan fingerprint density at radius 3 is 2.07 bits per heavy atom. The quantitative estimate of drug-likeness (QED) is 0.755. The SMILES string of the molecule is CN(CCCC(C)(C)N)CC(F)(F)F. The number of hydrogen-bond acceptors (Lipinski definition) is 2. The summed E-state index contributed by atoms with van der Waals surface area (Å²) in [6, 6.07) is 0. The van der Waals surface area contributed by atoms with Gasteiger partial charge < -0.3 is 5.73 Å². The number of alkyl halides is 3. The van der Waals surface area contributed by atoms with Crippen molar-refractivity contribution in [3.05, 3.63) is 0 Å². The van der Waals surface area contributed by atoms with E-state index in [2.05, 4.69) is 0 Å². The average molecular weight is 212 g/mol. The van der Waals surface area contributed by atoms with E-state index in [9.17, 15) is 13.2 Å². The van der Waals surface area contributed by atoms with Gasteiger partial charge in [0.25, 0.3) is 0 Å². The lowest BCUT2D eigenvalue weighted by molar-refractivity contribution is -0.143. The molecule has 2 nitrogen and oxygen atoms in total. The monoisotopic (exact) mass is 212 g/mol. The summed E-state index contributed by atoms with van der Waals surface area (Å²) >= 11 is 0. The lowest BCUT2D eigenvalue weighted by atomic mass is 10.0. The van der Waals surface area contributed by atoms with E-state index < -0.39 is 12.7 Å². The Morgan fingerprint density at radius 1 is 1.21 bits per heavy atom. The zero-order valence-electron chi connectivity index (χ0n) is 8.99. The molecule has 0 aromatic heterocycles. The maximum absolute atomic E-state index is 11.9. The molecule has 0 aromatic carbocycles. The maximum Gasteiger partial charge on any atom is 0.401 e. The van der Waals surface area contributed by atoms with E-state index in [1.54, 1.807) is 0 Å². The van der Waals surface area contributed by atoms with Gasteiger partial charge >= 0.3 is 6.18 Å². The maximum atomic E-state index is 11.9. The normalized spacial score (nSPS) is 13.7. The zero-order valence-corrected chi connectivity index (χ0v) is 8.99. The minimum absolute atomic E-state index is 0.293. The fourth-order valence-electron chi connectivity index (χ4n) is 1.19. The second-order valence-corrected chi connectivity index (χ2v) is 4.45. The highest BCUT2D eigenvalue weighted by atomic mass is 19.4. The molecule has 0 saturated heterocycles. The summed E-state index contributed by atoms with van der Waals surface area (Å²) in [5.41, 5.74) is 5.42. The van der Waals surface area contributed by atoms with Gasteiger partial charge in [-0.3, -0.25) is 4.90 Å². The van der Waals surface area contributed by atoms with Crippen molar-refractivity contribution >= 4 is 0 Å². The molecule has 0 radical (unpaired) electrons. The van der Waals surface area contributed by atoms with Crippen LogP contribution in [0.1, 0.15) is 26.7 Å². The second-order valence-electron chi connectivity index (χ2n) is 4.45. The van der Waals surface area contributed by atoms with Gasteiger partial charge in [0, 0.05) is 5.54 Å². The topological polar surface area (TPSA) is 29.3 Å². The highest BCUT2D eigenvalue weighted by molar-refractivity contribution is 4.72. The molecule has 0 heterocycles. The van der Waals surface area contributed by atoms with Gasteiger partial charge in [0.2, 0.25) is 0 Å². The van der Waals surface area contributed by atoms with E-state index in [-0.39, 0.29) is 5.54 Å². The number of nitrogens with zero attached hydrogens (tertiary/aromatic N) is 1.